The summed E-state index contributed by atoms with van der Waals surface area (Å²) in [6, 6.07) is 1.95. The van der Waals surface area contributed by atoms with Crippen molar-refractivity contribution >= 4 is 16.8 Å². The Bertz CT molecular complexity index is 398. The Morgan fingerprint density at radius 3 is 1.00 bits per heavy atom. The summed E-state index contributed by atoms with van der Waals surface area (Å²) < 4.78 is 0. The van der Waals surface area contributed by atoms with E-state index < -0.39 is 0 Å². The summed E-state index contributed by atoms with van der Waals surface area (Å²) in [5, 5.41) is 0. The Morgan fingerprint density at radius 1 is 0.500 bits per heavy atom. The molecule has 0 spiro atoms. The van der Waals surface area contributed by atoms with E-state index in [1.54, 1.807) is 9.80 Å². The molecule has 4 bridgehead atoms. The summed E-state index contributed by atoms with van der Waals surface area (Å²) in [6.45, 7) is 9.84. The van der Waals surface area contributed by atoms with Crippen LogP contribution in [0.4, 0.5) is 0 Å². The topological polar surface area (TPSA) is 8.88 Å². The Labute approximate surface area is 168 Å². The quantitative estimate of drug-likeness (QED) is 0.678. The lowest BCUT2D eigenvalue weighted by molar-refractivity contribution is -0.890. The molecule has 0 amide bonds. The van der Waals surface area contributed by atoms with Crippen LogP contribution in [0.25, 0.3) is 0 Å². The molecule has 4 aliphatic carbocycles. The third-order valence-corrected chi connectivity index (χ3v) is 9.28. The summed E-state index contributed by atoms with van der Waals surface area (Å²) in [4.78, 5) is 3.36. The van der Waals surface area contributed by atoms with E-state index in [-0.39, 0.29) is 16.8 Å². The van der Waals surface area contributed by atoms with Gasteiger partial charge in [0.1, 0.15) is 0 Å². The molecule has 4 unspecified atom stereocenters. The van der Waals surface area contributed by atoms with Gasteiger partial charge < -0.3 is 9.80 Å². The number of nitrogens with one attached hydrogen (secondary N) is 2. The van der Waals surface area contributed by atoms with Crippen molar-refractivity contribution in [3.63, 3.8) is 0 Å². The SMILES string of the molecule is C[C@@H]1C2CC(C[C@H]2[NH+](C)C)[C@@H]1C.C[C@@H]1C2CC([C@H]([NH+](C)C)C2)[C@@H]1C.[B].[B]. The maximum Gasteiger partial charge on any atom is 0.0904 e. The largest absolute Gasteiger partial charge is 0.337 e. The second-order valence-electron chi connectivity index (χ2n) is 10.6. The van der Waals surface area contributed by atoms with Gasteiger partial charge in [0.2, 0.25) is 0 Å². The molecule has 6 radical (unpaired) electrons. The molecule has 0 saturated heterocycles. The molecule has 146 valence electrons. The molecule has 0 aliphatic heterocycles. The summed E-state index contributed by atoms with van der Waals surface area (Å²) >= 11 is 0. The van der Waals surface area contributed by atoms with Crippen molar-refractivity contribution in [2.75, 3.05) is 28.2 Å². The zero-order valence-corrected chi connectivity index (χ0v) is 18.8. The van der Waals surface area contributed by atoms with Crippen molar-refractivity contribution in [3.8, 4) is 0 Å². The van der Waals surface area contributed by atoms with E-state index in [1.807, 2.05) is 0 Å². The second kappa shape index (κ2) is 9.03. The predicted molar refractivity (Wildman–Crippen MR) is 114 cm³/mol. The van der Waals surface area contributed by atoms with Crippen molar-refractivity contribution in [1.82, 2.24) is 0 Å². The van der Waals surface area contributed by atoms with Gasteiger partial charge in [0, 0.05) is 41.5 Å². The molecule has 0 aromatic heterocycles. The lowest BCUT2D eigenvalue weighted by atomic mass is 9.79. The van der Waals surface area contributed by atoms with Gasteiger partial charge in [0.15, 0.2) is 0 Å². The minimum Gasteiger partial charge on any atom is -0.337 e. The van der Waals surface area contributed by atoms with Gasteiger partial charge in [0.25, 0.3) is 0 Å². The van der Waals surface area contributed by atoms with Crippen LogP contribution in [-0.4, -0.2) is 57.1 Å². The van der Waals surface area contributed by atoms with Crippen LogP contribution in [0.15, 0.2) is 0 Å². The van der Waals surface area contributed by atoms with Crippen molar-refractivity contribution in [3.05, 3.63) is 0 Å². The van der Waals surface area contributed by atoms with Crippen LogP contribution >= 0.6 is 0 Å². The smallest absolute Gasteiger partial charge is 0.0904 e. The van der Waals surface area contributed by atoms with Crippen LogP contribution in [0, 0.1) is 47.3 Å². The highest BCUT2D eigenvalue weighted by molar-refractivity contribution is 5.76. The van der Waals surface area contributed by atoms with Crippen LogP contribution in [0.1, 0.15) is 53.4 Å². The highest BCUT2D eigenvalue weighted by Gasteiger charge is 2.52. The van der Waals surface area contributed by atoms with E-state index in [0.29, 0.717) is 0 Å². The fraction of sp³-hybridized carbons (Fsp3) is 1.00. The predicted octanol–water partition coefficient (Wildman–Crippen LogP) is 0.861. The number of hydrogen-bond donors (Lipinski definition) is 2. The third-order valence-electron chi connectivity index (χ3n) is 9.28. The van der Waals surface area contributed by atoms with Gasteiger partial charge in [-0.1, -0.05) is 27.7 Å². The highest BCUT2D eigenvalue weighted by atomic mass is 15.1. The third kappa shape index (κ3) is 4.07. The van der Waals surface area contributed by atoms with Crippen molar-refractivity contribution in [1.29, 1.82) is 0 Å². The van der Waals surface area contributed by atoms with Gasteiger partial charge in [-0.25, -0.2) is 0 Å². The summed E-state index contributed by atoms with van der Waals surface area (Å²) in [5.41, 5.74) is 0. The molecule has 0 aromatic rings. The van der Waals surface area contributed by atoms with Gasteiger partial charge in [-0.05, 0) is 48.3 Å². The molecular formula is C22H44B2N2+2. The van der Waals surface area contributed by atoms with E-state index in [4.69, 9.17) is 0 Å². The Hall–Kier alpha value is 0.0499. The molecule has 4 fully saturated rings. The molecule has 10 atom stereocenters. The highest BCUT2D eigenvalue weighted by Crippen LogP contribution is 2.51. The summed E-state index contributed by atoms with van der Waals surface area (Å²) in [6.07, 6.45) is 6.05. The summed E-state index contributed by atoms with van der Waals surface area (Å²) in [5.74, 6) is 8.18. The maximum absolute atomic E-state index is 2.46. The van der Waals surface area contributed by atoms with E-state index >= 15 is 0 Å². The maximum atomic E-state index is 2.46. The Kier molecular flexibility index (Phi) is 8.37. The average molecular weight is 358 g/mol. The molecule has 2 N–H and O–H groups in total. The van der Waals surface area contributed by atoms with E-state index in [0.717, 1.165) is 59.4 Å². The average Bonchev–Trinajstić information content (AvgIpc) is 3.25. The van der Waals surface area contributed by atoms with Gasteiger partial charge >= 0.3 is 0 Å². The fourth-order valence-electron chi connectivity index (χ4n) is 7.21. The first kappa shape index (κ1) is 24.1. The van der Waals surface area contributed by atoms with E-state index in [2.05, 4.69) is 55.9 Å². The lowest BCUT2D eigenvalue weighted by Crippen LogP contribution is -3.10. The van der Waals surface area contributed by atoms with E-state index in [1.165, 1.54) is 25.7 Å². The minimum atomic E-state index is 0. The van der Waals surface area contributed by atoms with Crippen LogP contribution in [0.2, 0.25) is 0 Å². The Morgan fingerprint density at radius 2 is 0.808 bits per heavy atom. The van der Waals surface area contributed by atoms with E-state index in [9.17, 15) is 0 Å². The molecule has 4 rings (SSSR count). The monoisotopic (exact) mass is 358 g/mol. The van der Waals surface area contributed by atoms with Crippen LogP contribution < -0.4 is 9.80 Å². The van der Waals surface area contributed by atoms with Gasteiger partial charge in [-0.15, -0.1) is 0 Å². The van der Waals surface area contributed by atoms with Crippen molar-refractivity contribution < 1.29 is 9.80 Å². The lowest BCUT2D eigenvalue weighted by Gasteiger charge is -2.33. The van der Waals surface area contributed by atoms with Gasteiger partial charge in [0.05, 0.1) is 40.3 Å². The standard InChI is InChI=1S/2C11H21N.2B/c2*1-7-8(2)10-5-9(7)6-11(10)12(3)4;;/h2*7-11H,5-6H2,1-4H3;;/p+2/t7-,8+,9?,10?,11+;7-,8+,9?,10?,11-;;/m01../s1. The molecule has 4 saturated carbocycles. The number of fused-ring (bicyclic) bond motifs is 4. The molecule has 26 heavy (non-hydrogen) atoms. The first-order chi connectivity index (χ1) is 11.2. The first-order valence-electron chi connectivity index (χ1n) is 10.8. The molecular weight excluding hydrogens is 314 g/mol. The van der Waals surface area contributed by atoms with Crippen LogP contribution in [0.5, 0.6) is 0 Å². The van der Waals surface area contributed by atoms with Crippen LogP contribution in [0.3, 0.4) is 0 Å². The summed E-state index contributed by atoms with van der Waals surface area (Å²) in [7, 11) is 9.29. The number of hydrogen-bond acceptors (Lipinski definition) is 0. The molecule has 0 heterocycles. The van der Waals surface area contributed by atoms with Crippen molar-refractivity contribution in [2.45, 2.75) is 65.5 Å². The van der Waals surface area contributed by atoms with Crippen molar-refractivity contribution in [2.24, 2.45) is 47.3 Å². The second-order valence-corrected chi connectivity index (χ2v) is 10.6. The first-order valence-corrected chi connectivity index (χ1v) is 10.8. The van der Waals surface area contributed by atoms with Gasteiger partial charge in [-0.3, -0.25) is 0 Å². The van der Waals surface area contributed by atoms with Gasteiger partial charge in [-0.2, -0.15) is 0 Å². The normalized spacial score (nSPS) is 48.2. The molecule has 4 heteroatoms. The number of quaternary nitrogens is 2. The molecule has 0 aromatic carbocycles. The zero-order chi connectivity index (χ0) is 17.8. The minimum absolute atomic E-state index is 0. The zero-order valence-electron chi connectivity index (χ0n) is 18.8. The Balaban J connectivity index is 0.000000241. The molecule has 2 nitrogen and oxygen atoms in total. The molecule has 4 aliphatic rings. The fourth-order valence-corrected chi connectivity index (χ4v) is 7.21. The van der Waals surface area contributed by atoms with Crippen LogP contribution in [-0.2, 0) is 0 Å². The number of rotatable bonds is 2.